The molecule has 2 aliphatic rings. The molecule has 0 radical (unpaired) electrons. The first kappa shape index (κ1) is 20.2. The maximum Gasteiger partial charge on any atom is 0.267 e. The number of rotatable bonds is 8. The normalized spacial score (nSPS) is 20.0. The molecule has 1 N–H and O–H groups in total. The Kier molecular flexibility index (Phi) is 6.40. The Balaban J connectivity index is 1.31. The second kappa shape index (κ2) is 9.18. The molecule has 1 fully saturated rings. The Morgan fingerprint density at radius 2 is 1.90 bits per heavy atom. The number of aromatic nitrogens is 1. The summed E-state index contributed by atoms with van der Waals surface area (Å²) in [5.41, 5.74) is 1.80. The molecule has 1 aromatic heterocycles. The van der Waals surface area contributed by atoms with E-state index in [1.807, 2.05) is 18.2 Å². The molecule has 0 saturated carbocycles. The third-order valence-corrected chi connectivity index (χ3v) is 6.19. The van der Waals surface area contributed by atoms with E-state index in [1.165, 1.54) is 26.1 Å². The van der Waals surface area contributed by atoms with Crippen molar-refractivity contribution >= 4 is 16.8 Å². The van der Waals surface area contributed by atoms with Gasteiger partial charge in [-0.3, -0.25) is 4.79 Å². The zero-order chi connectivity index (χ0) is 20.2. The summed E-state index contributed by atoms with van der Waals surface area (Å²) in [4.78, 5) is 18.0. The van der Waals surface area contributed by atoms with Crippen molar-refractivity contribution in [3.05, 3.63) is 30.0 Å². The van der Waals surface area contributed by atoms with Gasteiger partial charge in [-0.25, -0.2) is 0 Å². The van der Waals surface area contributed by atoms with Crippen molar-refractivity contribution in [1.82, 2.24) is 19.7 Å². The molecule has 29 heavy (non-hydrogen) atoms. The Morgan fingerprint density at radius 1 is 1.14 bits per heavy atom. The highest BCUT2D eigenvalue weighted by Gasteiger charge is 2.25. The van der Waals surface area contributed by atoms with Gasteiger partial charge in [0, 0.05) is 38.1 Å². The van der Waals surface area contributed by atoms with Crippen LogP contribution in [0, 0.1) is 0 Å². The third kappa shape index (κ3) is 4.43. The van der Waals surface area contributed by atoms with Crippen LogP contribution in [0.2, 0.25) is 0 Å². The maximum atomic E-state index is 12.9. The summed E-state index contributed by atoms with van der Waals surface area (Å²) >= 11 is 0. The number of nitrogens with one attached hydrogen (secondary N) is 1. The van der Waals surface area contributed by atoms with E-state index in [1.54, 1.807) is 0 Å². The summed E-state index contributed by atoms with van der Waals surface area (Å²) < 4.78 is 8.22. The van der Waals surface area contributed by atoms with E-state index >= 15 is 0 Å². The second-order valence-electron chi connectivity index (χ2n) is 8.28. The highest BCUT2D eigenvalue weighted by atomic mass is 16.5. The number of para-hydroxylation sites is 1. The molecule has 0 aliphatic carbocycles. The van der Waals surface area contributed by atoms with Crippen molar-refractivity contribution in [3.8, 4) is 5.75 Å². The van der Waals surface area contributed by atoms with Crippen LogP contribution in [0.3, 0.4) is 0 Å². The van der Waals surface area contributed by atoms with Crippen molar-refractivity contribution < 1.29 is 9.53 Å². The van der Waals surface area contributed by atoms with Gasteiger partial charge >= 0.3 is 0 Å². The lowest BCUT2D eigenvalue weighted by Gasteiger charge is -2.34. The van der Waals surface area contributed by atoms with Gasteiger partial charge in [-0.2, -0.15) is 0 Å². The van der Waals surface area contributed by atoms with Gasteiger partial charge in [0.05, 0.1) is 12.1 Å². The van der Waals surface area contributed by atoms with E-state index in [0.29, 0.717) is 0 Å². The molecule has 0 bridgehead atoms. The molecule has 6 heteroatoms. The molecule has 0 spiro atoms. The average molecular weight is 399 g/mol. The lowest BCUT2D eigenvalue weighted by atomic mass is 10.2. The molecular weight excluding hydrogens is 364 g/mol. The number of ether oxygens (including phenoxy) is 1. The molecule has 1 atom stereocenters. The Bertz CT molecular complexity index is 839. The number of nitrogens with zero attached hydrogens (tertiary/aromatic N) is 3. The van der Waals surface area contributed by atoms with E-state index in [9.17, 15) is 4.79 Å². The van der Waals surface area contributed by atoms with Crippen LogP contribution in [0.25, 0.3) is 10.9 Å². The standard InChI is InChI=1S/C23H34N4O2/c1-3-10-25-12-14-26(15-13-25)11-6-9-24-23(28)20-16-18-7-5-8-21-22(18)27(20)17-19(4-2)29-21/h5,7-8,16,19H,3-4,6,9-15,17H2,1-2H3,(H,24,28). The minimum absolute atomic E-state index is 0.0247. The molecule has 6 nitrogen and oxygen atoms in total. The molecule has 2 aromatic rings. The first-order valence-electron chi connectivity index (χ1n) is 11.2. The number of piperazine rings is 1. The Hall–Kier alpha value is -2.05. The summed E-state index contributed by atoms with van der Waals surface area (Å²) in [6, 6.07) is 8.06. The first-order chi connectivity index (χ1) is 14.2. The van der Waals surface area contributed by atoms with E-state index in [-0.39, 0.29) is 12.0 Å². The van der Waals surface area contributed by atoms with Crippen molar-refractivity contribution in [2.24, 2.45) is 0 Å². The number of benzene rings is 1. The van der Waals surface area contributed by atoms with Crippen molar-refractivity contribution in [2.45, 2.75) is 45.8 Å². The van der Waals surface area contributed by atoms with Crippen LogP contribution in [0.1, 0.15) is 43.6 Å². The predicted octanol–water partition coefficient (Wildman–Crippen LogP) is 2.96. The molecule has 1 unspecified atom stereocenters. The number of carbonyl (C=O) groups excluding carboxylic acids is 1. The van der Waals surface area contributed by atoms with Gasteiger partial charge < -0.3 is 24.4 Å². The minimum atomic E-state index is 0.0247. The molecule has 3 heterocycles. The second-order valence-corrected chi connectivity index (χ2v) is 8.28. The summed E-state index contributed by atoms with van der Waals surface area (Å²) in [7, 11) is 0. The highest BCUT2D eigenvalue weighted by molar-refractivity contribution is 6.00. The fraction of sp³-hybridized carbons (Fsp3) is 0.609. The fourth-order valence-electron chi connectivity index (χ4n) is 4.54. The van der Waals surface area contributed by atoms with Crippen LogP contribution >= 0.6 is 0 Å². The largest absolute Gasteiger partial charge is 0.486 e. The minimum Gasteiger partial charge on any atom is -0.486 e. The summed E-state index contributed by atoms with van der Waals surface area (Å²) in [6.45, 7) is 12.7. The highest BCUT2D eigenvalue weighted by Crippen LogP contribution is 2.34. The quantitative estimate of drug-likeness (QED) is 0.695. The third-order valence-electron chi connectivity index (χ3n) is 6.19. The van der Waals surface area contributed by atoms with Crippen LogP contribution in [0.5, 0.6) is 5.75 Å². The summed E-state index contributed by atoms with van der Waals surface area (Å²) in [5, 5.41) is 4.22. The molecule has 158 valence electrons. The Labute approximate surface area is 173 Å². The Morgan fingerprint density at radius 3 is 2.62 bits per heavy atom. The smallest absolute Gasteiger partial charge is 0.267 e. The van der Waals surface area contributed by atoms with Gasteiger partial charge in [-0.05, 0) is 44.5 Å². The van der Waals surface area contributed by atoms with Gasteiger partial charge in [-0.1, -0.05) is 26.0 Å². The molecule has 2 aliphatic heterocycles. The fourth-order valence-corrected chi connectivity index (χ4v) is 4.54. The van der Waals surface area contributed by atoms with E-state index in [4.69, 9.17) is 4.74 Å². The van der Waals surface area contributed by atoms with Crippen molar-refractivity contribution in [2.75, 3.05) is 45.8 Å². The molecule has 1 saturated heterocycles. The topological polar surface area (TPSA) is 49.7 Å². The van der Waals surface area contributed by atoms with Crippen molar-refractivity contribution in [1.29, 1.82) is 0 Å². The van der Waals surface area contributed by atoms with Crippen LogP contribution in [0.15, 0.2) is 24.3 Å². The molecule has 4 rings (SSSR count). The van der Waals surface area contributed by atoms with E-state index in [2.05, 4.69) is 39.6 Å². The van der Waals surface area contributed by atoms with Crippen molar-refractivity contribution in [3.63, 3.8) is 0 Å². The summed E-state index contributed by atoms with van der Waals surface area (Å²) in [5.74, 6) is 0.915. The lowest BCUT2D eigenvalue weighted by Crippen LogP contribution is -2.47. The van der Waals surface area contributed by atoms with Gasteiger partial charge in [-0.15, -0.1) is 0 Å². The predicted molar refractivity (Wildman–Crippen MR) is 117 cm³/mol. The number of hydrogen-bond acceptors (Lipinski definition) is 4. The maximum absolute atomic E-state index is 12.9. The average Bonchev–Trinajstić information content (AvgIpc) is 3.12. The number of amides is 1. The van der Waals surface area contributed by atoms with E-state index in [0.717, 1.165) is 67.9 Å². The van der Waals surface area contributed by atoms with Gasteiger partial charge in [0.25, 0.3) is 5.91 Å². The molecule has 1 amide bonds. The van der Waals surface area contributed by atoms with Gasteiger partial charge in [0.2, 0.25) is 0 Å². The SMILES string of the molecule is CCCN1CCN(CCCNC(=O)c2cc3cccc4c3n2CC(CC)O4)CC1. The number of carbonyl (C=O) groups is 1. The molecular formula is C23H34N4O2. The molecule has 1 aromatic carbocycles. The zero-order valence-corrected chi connectivity index (χ0v) is 17.8. The van der Waals surface area contributed by atoms with Crippen LogP contribution in [0.4, 0.5) is 0 Å². The monoisotopic (exact) mass is 398 g/mol. The van der Waals surface area contributed by atoms with Crippen LogP contribution in [-0.4, -0.2) is 72.2 Å². The van der Waals surface area contributed by atoms with Crippen LogP contribution in [-0.2, 0) is 6.54 Å². The van der Waals surface area contributed by atoms with Crippen LogP contribution < -0.4 is 10.1 Å². The lowest BCUT2D eigenvalue weighted by molar-refractivity contribution is 0.0932. The van der Waals surface area contributed by atoms with Gasteiger partial charge in [0.15, 0.2) is 0 Å². The van der Waals surface area contributed by atoms with E-state index < -0.39 is 0 Å². The number of hydrogen-bond donors (Lipinski definition) is 1. The van der Waals surface area contributed by atoms with Gasteiger partial charge in [0.1, 0.15) is 17.5 Å². The zero-order valence-electron chi connectivity index (χ0n) is 17.8. The summed E-state index contributed by atoms with van der Waals surface area (Å²) in [6.07, 6.45) is 3.28. The first-order valence-corrected chi connectivity index (χ1v) is 11.2.